The number of nitrogens with zero attached hydrogens (tertiary/aromatic N) is 5. The summed E-state index contributed by atoms with van der Waals surface area (Å²) < 4.78 is 1.51. The third kappa shape index (κ3) is 3.80. The first kappa shape index (κ1) is 18.3. The van der Waals surface area contributed by atoms with Crippen LogP contribution in [-0.2, 0) is 6.54 Å². The van der Waals surface area contributed by atoms with E-state index >= 15 is 0 Å². The lowest BCUT2D eigenvalue weighted by Gasteiger charge is -2.34. The average molecular weight is 377 g/mol. The van der Waals surface area contributed by atoms with Crippen LogP contribution in [0.3, 0.4) is 0 Å². The number of hydrogen-bond donors (Lipinski definition) is 0. The van der Waals surface area contributed by atoms with Crippen LogP contribution in [0.1, 0.15) is 16.2 Å². The molecule has 0 N–H and O–H groups in total. The second-order valence-corrected chi connectivity index (χ2v) is 7.05. The van der Waals surface area contributed by atoms with Crippen LogP contribution in [0.5, 0.6) is 0 Å². The molecule has 0 aliphatic carbocycles. The van der Waals surface area contributed by atoms with Crippen LogP contribution >= 0.6 is 0 Å². The van der Waals surface area contributed by atoms with Crippen molar-refractivity contribution in [1.82, 2.24) is 24.6 Å². The molecular formula is C21H23N5O2. The fourth-order valence-electron chi connectivity index (χ4n) is 3.56. The number of aromatic nitrogens is 3. The molecule has 1 aliphatic rings. The molecule has 3 aromatic rings. The topological polar surface area (TPSA) is 71.3 Å². The summed E-state index contributed by atoms with van der Waals surface area (Å²) in [6.07, 6.45) is 1.69. The maximum Gasteiger partial charge on any atom is 0.273 e. The highest BCUT2D eigenvalue weighted by atomic mass is 16.2. The number of benzene rings is 1. The van der Waals surface area contributed by atoms with Gasteiger partial charge in [-0.05, 0) is 24.4 Å². The Kier molecular flexibility index (Phi) is 5.16. The molecule has 1 saturated heterocycles. The quantitative estimate of drug-likeness (QED) is 0.690. The second kappa shape index (κ2) is 7.90. The molecule has 0 spiro atoms. The van der Waals surface area contributed by atoms with Gasteiger partial charge < -0.3 is 4.90 Å². The normalized spacial score (nSPS) is 15.1. The SMILES string of the molecule is Cc1ccc(=O)n(CCN2CCN(C(=O)c3nccc4ccccc34)CC2)n1. The van der Waals surface area contributed by atoms with Crippen molar-refractivity contribution in [3.05, 3.63) is 70.4 Å². The molecule has 0 radical (unpaired) electrons. The lowest BCUT2D eigenvalue weighted by Crippen LogP contribution is -2.49. The van der Waals surface area contributed by atoms with E-state index in [1.54, 1.807) is 18.3 Å². The molecular weight excluding hydrogens is 354 g/mol. The summed E-state index contributed by atoms with van der Waals surface area (Å²) in [5, 5.41) is 6.19. The molecule has 0 saturated carbocycles. The van der Waals surface area contributed by atoms with Gasteiger partial charge in [0.1, 0.15) is 5.69 Å². The standard InChI is InChI=1S/C21H23N5O2/c1-16-6-7-19(27)26(23-16)15-12-24-10-13-25(14-11-24)21(28)20-18-5-3-2-4-17(18)8-9-22-20/h2-9H,10-15H2,1H3. The number of fused-ring (bicyclic) bond motifs is 1. The number of hydrogen-bond acceptors (Lipinski definition) is 5. The number of piperazine rings is 1. The summed E-state index contributed by atoms with van der Waals surface area (Å²) in [5.41, 5.74) is 1.26. The Morgan fingerprint density at radius 3 is 2.61 bits per heavy atom. The number of pyridine rings is 1. The Bertz CT molecular complexity index is 1050. The van der Waals surface area contributed by atoms with Crippen LogP contribution < -0.4 is 5.56 Å². The van der Waals surface area contributed by atoms with Crippen molar-refractivity contribution >= 4 is 16.7 Å². The fraction of sp³-hybridized carbons (Fsp3) is 0.333. The Balaban J connectivity index is 1.38. The van der Waals surface area contributed by atoms with E-state index in [9.17, 15) is 9.59 Å². The summed E-state index contributed by atoms with van der Waals surface area (Å²) in [6.45, 7) is 6.03. The van der Waals surface area contributed by atoms with E-state index in [1.807, 2.05) is 42.2 Å². The van der Waals surface area contributed by atoms with E-state index in [4.69, 9.17) is 0 Å². The van der Waals surface area contributed by atoms with Gasteiger partial charge in [0.15, 0.2) is 0 Å². The minimum Gasteiger partial charge on any atom is -0.335 e. The minimum atomic E-state index is -0.0820. The molecule has 4 rings (SSSR count). The molecule has 1 aromatic carbocycles. The van der Waals surface area contributed by atoms with Crippen molar-refractivity contribution < 1.29 is 4.79 Å². The zero-order valence-electron chi connectivity index (χ0n) is 15.9. The lowest BCUT2D eigenvalue weighted by molar-refractivity contribution is 0.0628. The molecule has 7 nitrogen and oxygen atoms in total. The van der Waals surface area contributed by atoms with Crippen molar-refractivity contribution in [2.24, 2.45) is 0 Å². The number of carbonyl (C=O) groups is 1. The van der Waals surface area contributed by atoms with Gasteiger partial charge in [0.05, 0.1) is 12.2 Å². The Hall–Kier alpha value is -3.06. The molecule has 28 heavy (non-hydrogen) atoms. The van der Waals surface area contributed by atoms with Crippen LogP contribution in [0, 0.1) is 6.92 Å². The summed E-state index contributed by atoms with van der Waals surface area (Å²) in [6, 6.07) is 13.0. The van der Waals surface area contributed by atoms with E-state index in [0.717, 1.165) is 36.1 Å². The maximum atomic E-state index is 13.0. The lowest BCUT2D eigenvalue weighted by atomic mass is 10.1. The first-order valence-corrected chi connectivity index (χ1v) is 9.52. The van der Waals surface area contributed by atoms with Gasteiger partial charge in [0, 0.05) is 50.4 Å². The maximum absolute atomic E-state index is 13.0. The van der Waals surface area contributed by atoms with Gasteiger partial charge >= 0.3 is 0 Å². The summed E-state index contributed by atoms with van der Waals surface area (Å²) in [4.78, 5) is 33.3. The number of amides is 1. The third-order valence-electron chi connectivity index (χ3n) is 5.16. The van der Waals surface area contributed by atoms with Crippen LogP contribution in [-0.4, -0.2) is 63.2 Å². The van der Waals surface area contributed by atoms with Crippen molar-refractivity contribution in [3.8, 4) is 0 Å². The highest BCUT2D eigenvalue weighted by Gasteiger charge is 2.24. The van der Waals surface area contributed by atoms with Gasteiger partial charge in [-0.2, -0.15) is 5.10 Å². The molecule has 0 bridgehead atoms. The summed E-state index contributed by atoms with van der Waals surface area (Å²) >= 11 is 0. The van der Waals surface area contributed by atoms with Gasteiger partial charge in [-0.3, -0.25) is 19.5 Å². The van der Waals surface area contributed by atoms with Crippen molar-refractivity contribution in [2.45, 2.75) is 13.5 Å². The van der Waals surface area contributed by atoms with E-state index in [-0.39, 0.29) is 11.5 Å². The Labute approximate surface area is 163 Å². The van der Waals surface area contributed by atoms with Crippen LogP contribution in [0.25, 0.3) is 10.8 Å². The summed E-state index contributed by atoms with van der Waals surface area (Å²) in [5.74, 6) is -0.0204. The Morgan fingerprint density at radius 2 is 1.79 bits per heavy atom. The molecule has 1 aliphatic heterocycles. The van der Waals surface area contributed by atoms with Gasteiger partial charge in [0.2, 0.25) is 0 Å². The first-order chi connectivity index (χ1) is 13.6. The average Bonchev–Trinajstić information content (AvgIpc) is 2.74. The van der Waals surface area contributed by atoms with Gasteiger partial charge in [-0.15, -0.1) is 0 Å². The second-order valence-electron chi connectivity index (χ2n) is 7.05. The largest absolute Gasteiger partial charge is 0.335 e. The van der Waals surface area contributed by atoms with Crippen LogP contribution in [0.15, 0.2) is 53.5 Å². The molecule has 1 amide bonds. The molecule has 0 atom stereocenters. The van der Waals surface area contributed by atoms with Crippen LogP contribution in [0.4, 0.5) is 0 Å². The van der Waals surface area contributed by atoms with Crippen molar-refractivity contribution in [3.63, 3.8) is 0 Å². The number of rotatable bonds is 4. The molecule has 144 valence electrons. The van der Waals surface area contributed by atoms with Gasteiger partial charge in [-0.25, -0.2) is 4.68 Å². The highest BCUT2D eigenvalue weighted by molar-refractivity contribution is 6.05. The fourth-order valence-corrected chi connectivity index (χ4v) is 3.56. The third-order valence-corrected chi connectivity index (χ3v) is 5.16. The van der Waals surface area contributed by atoms with Gasteiger partial charge in [0.25, 0.3) is 11.5 Å². The van der Waals surface area contributed by atoms with E-state index in [2.05, 4.69) is 15.0 Å². The predicted octanol–water partition coefficient (Wildman–Crippen LogP) is 1.56. The minimum absolute atomic E-state index is 0.0204. The van der Waals surface area contributed by atoms with Crippen LogP contribution in [0.2, 0.25) is 0 Å². The highest BCUT2D eigenvalue weighted by Crippen LogP contribution is 2.18. The zero-order chi connectivity index (χ0) is 19.5. The Morgan fingerprint density at radius 1 is 1.00 bits per heavy atom. The zero-order valence-corrected chi connectivity index (χ0v) is 15.9. The molecule has 1 fully saturated rings. The first-order valence-electron chi connectivity index (χ1n) is 9.52. The molecule has 7 heteroatoms. The molecule has 0 unspecified atom stereocenters. The monoisotopic (exact) mass is 377 g/mol. The van der Waals surface area contributed by atoms with Crippen molar-refractivity contribution in [2.75, 3.05) is 32.7 Å². The molecule has 3 heterocycles. The van der Waals surface area contributed by atoms with Gasteiger partial charge in [-0.1, -0.05) is 24.3 Å². The van der Waals surface area contributed by atoms with E-state index < -0.39 is 0 Å². The van der Waals surface area contributed by atoms with Crippen molar-refractivity contribution in [1.29, 1.82) is 0 Å². The van der Waals surface area contributed by atoms with E-state index in [0.29, 0.717) is 25.3 Å². The van der Waals surface area contributed by atoms with E-state index in [1.165, 1.54) is 4.68 Å². The number of aryl methyl sites for hydroxylation is 1. The smallest absolute Gasteiger partial charge is 0.273 e. The molecule has 2 aromatic heterocycles. The summed E-state index contributed by atoms with van der Waals surface area (Å²) in [7, 11) is 0. The number of carbonyl (C=O) groups excluding carboxylic acids is 1. The predicted molar refractivity (Wildman–Crippen MR) is 107 cm³/mol.